The molecule has 1 N–H and O–H groups in total. The number of nitrogens with one attached hydrogen (secondary N) is 1. The molecule has 37 heavy (non-hydrogen) atoms. The Kier molecular flexibility index (Phi) is 8.72. The zero-order valence-corrected chi connectivity index (χ0v) is 21.7. The van der Waals surface area contributed by atoms with Crippen LogP contribution in [0.15, 0.2) is 60.7 Å². The predicted molar refractivity (Wildman–Crippen MR) is 142 cm³/mol. The maximum absolute atomic E-state index is 13.3. The summed E-state index contributed by atoms with van der Waals surface area (Å²) < 4.78 is 1.65. The Balaban J connectivity index is 1.34. The summed E-state index contributed by atoms with van der Waals surface area (Å²) in [5.41, 5.74) is 4.08. The number of hydrogen-bond donors (Lipinski definition) is 1. The highest BCUT2D eigenvalue weighted by Crippen LogP contribution is 2.18. The molecule has 0 unspecified atom stereocenters. The van der Waals surface area contributed by atoms with Crippen LogP contribution in [0.1, 0.15) is 57.4 Å². The zero-order chi connectivity index (χ0) is 26.2. The van der Waals surface area contributed by atoms with Crippen LogP contribution in [0.2, 0.25) is 0 Å². The molecule has 0 saturated carbocycles. The van der Waals surface area contributed by atoms with E-state index in [1.165, 1.54) is 5.56 Å². The Bertz CT molecular complexity index is 1240. The van der Waals surface area contributed by atoms with E-state index in [-0.39, 0.29) is 29.8 Å². The van der Waals surface area contributed by atoms with Gasteiger partial charge < -0.3 is 15.1 Å². The number of fused-ring (bicyclic) bond motifs is 1. The number of aryl methyl sites for hydroxylation is 2. The molecule has 0 spiro atoms. The monoisotopic (exact) mass is 501 g/mol. The Morgan fingerprint density at radius 2 is 1.81 bits per heavy atom. The molecule has 2 heterocycles. The second-order valence-electron chi connectivity index (χ2n) is 9.43. The van der Waals surface area contributed by atoms with Gasteiger partial charge in [0.25, 0.3) is 11.8 Å². The van der Waals surface area contributed by atoms with Crippen LogP contribution < -0.4 is 5.32 Å². The molecule has 194 valence electrons. The first-order valence-electron chi connectivity index (χ1n) is 13.0. The van der Waals surface area contributed by atoms with Crippen molar-refractivity contribution >= 4 is 17.7 Å². The Hall–Kier alpha value is -3.94. The van der Waals surface area contributed by atoms with Crippen LogP contribution in [0.25, 0.3) is 0 Å². The van der Waals surface area contributed by atoms with E-state index in [0.717, 1.165) is 24.0 Å². The minimum Gasteiger partial charge on any atom is -0.356 e. The van der Waals surface area contributed by atoms with Gasteiger partial charge in [0.05, 0.1) is 0 Å². The fraction of sp³-hybridized carbons (Fsp3) is 0.379. The quantitative estimate of drug-likeness (QED) is 0.461. The lowest BCUT2D eigenvalue weighted by Crippen LogP contribution is -2.36. The molecule has 8 heteroatoms. The molecule has 3 aromatic rings. The number of amides is 3. The van der Waals surface area contributed by atoms with Gasteiger partial charge in [0.1, 0.15) is 5.69 Å². The van der Waals surface area contributed by atoms with Crippen molar-refractivity contribution in [1.29, 1.82) is 0 Å². The third-order valence-corrected chi connectivity index (χ3v) is 6.62. The summed E-state index contributed by atoms with van der Waals surface area (Å²) in [4.78, 5) is 42.3. The summed E-state index contributed by atoms with van der Waals surface area (Å²) in [5.74, 6) is -0.477. The Morgan fingerprint density at radius 3 is 2.57 bits per heavy atom. The smallest absolute Gasteiger partial charge is 0.274 e. The highest BCUT2D eigenvalue weighted by molar-refractivity contribution is 5.98. The third-order valence-electron chi connectivity index (χ3n) is 6.62. The third kappa shape index (κ3) is 6.84. The van der Waals surface area contributed by atoms with Gasteiger partial charge in [-0.25, -0.2) is 0 Å². The van der Waals surface area contributed by atoms with E-state index < -0.39 is 0 Å². The summed E-state index contributed by atoms with van der Waals surface area (Å²) in [6, 6.07) is 19.7. The molecule has 0 bridgehead atoms. The first kappa shape index (κ1) is 26.1. The van der Waals surface area contributed by atoms with Crippen LogP contribution in [0.3, 0.4) is 0 Å². The molecule has 3 amide bonds. The van der Waals surface area contributed by atoms with Gasteiger partial charge in [-0.05, 0) is 37.8 Å². The molecule has 0 aliphatic carbocycles. The maximum Gasteiger partial charge on any atom is 0.274 e. The van der Waals surface area contributed by atoms with Gasteiger partial charge in [0, 0.05) is 51.8 Å². The topological polar surface area (TPSA) is 87.5 Å². The lowest BCUT2D eigenvalue weighted by Gasteiger charge is -2.20. The highest BCUT2D eigenvalue weighted by atomic mass is 16.2. The molecular weight excluding hydrogens is 466 g/mol. The van der Waals surface area contributed by atoms with Crippen molar-refractivity contribution in [3.8, 4) is 0 Å². The van der Waals surface area contributed by atoms with Crippen molar-refractivity contribution in [2.45, 2.75) is 46.2 Å². The number of carbonyl (C=O) groups excluding carboxylic acids is 3. The number of nitrogens with zero attached hydrogens (tertiary/aromatic N) is 4. The normalized spacial score (nSPS) is 13.1. The fourth-order valence-electron chi connectivity index (χ4n) is 4.60. The lowest BCUT2D eigenvalue weighted by atomic mass is 10.1. The number of aromatic nitrogens is 2. The molecule has 1 aromatic heterocycles. The van der Waals surface area contributed by atoms with E-state index in [4.69, 9.17) is 0 Å². The summed E-state index contributed by atoms with van der Waals surface area (Å²) in [6.45, 7) is 6.95. The van der Waals surface area contributed by atoms with E-state index >= 15 is 0 Å². The van der Waals surface area contributed by atoms with Crippen LogP contribution >= 0.6 is 0 Å². The zero-order valence-electron chi connectivity index (χ0n) is 21.7. The second-order valence-corrected chi connectivity index (χ2v) is 9.43. The molecule has 2 aromatic carbocycles. The van der Waals surface area contributed by atoms with Gasteiger partial charge in [0.2, 0.25) is 5.91 Å². The van der Waals surface area contributed by atoms with E-state index in [1.54, 1.807) is 15.6 Å². The second kappa shape index (κ2) is 12.3. The van der Waals surface area contributed by atoms with Crippen molar-refractivity contribution in [2.75, 3.05) is 26.2 Å². The van der Waals surface area contributed by atoms with Crippen LogP contribution in [0.5, 0.6) is 0 Å². The molecule has 8 nitrogen and oxygen atoms in total. The minimum absolute atomic E-state index is 0.0928. The van der Waals surface area contributed by atoms with E-state index in [1.807, 2.05) is 67.3 Å². The van der Waals surface area contributed by atoms with Gasteiger partial charge in [-0.1, -0.05) is 60.2 Å². The summed E-state index contributed by atoms with van der Waals surface area (Å²) in [6.07, 6.45) is 1.74. The van der Waals surface area contributed by atoms with E-state index in [2.05, 4.69) is 16.5 Å². The number of rotatable bonds is 10. The van der Waals surface area contributed by atoms with Gasteiger partial charge in [-0.3, -0.25) is 19.1 Å². The van der Waals surface area contributed by atoms with Gasteiger partial charge in [0.15, 0.2) is 5.69 Å². The summed E-state index contributed by atoms with van der Waals surface area (Å²) >= 11 is 0. The number of benzene rings is 2. The maximum atomic E-state index is 13.3. The summed E-state index contributed by atoms with van der Waals surface area (Å²) in [5, 5.41) is 7.40. The molecular formula is C29H35N5O3. The first-order chi connectivity index (χ1) is 17.9. The molecule has 0 radical (unpaired) electrons. The molecule has 1 aliphatic heterocycles. The van der Waals surface area contributed by atoms with Gasteiger partial charge >= 0.3 is 0 Å². The minimum atomic E-state index is -0.266. The van der Waals surface area contributed by atoms with Gasteiger partial charge in [-0.2, -0.15) is 5.10 Å². The van der Waals surface area contributed by atoms with Gasteiger partial charge in [-0.15, -0.1) is 0 Å². The van der Waals surface area contributed by atoms with Crippen molar-refractivity contribution in [1.82, 2.24) is 24.9 Å². The first-order valence-corrected chi connectivity index (χ1v) is 13.0. The van der Waals surface area contributed by atoms with Crippen LogP contribution in [-0.4, -0.2) is 63.5 Å². The summed E-state index contributed by atoms with van der Waals surface area (Å²) in [7, 11) is 0. The standard InChI is InChI=1S/C29H35N5O3/c1-3-32(18-14-27(35)30-15-13-23-10-5-4-6-11-23)28(36)25-20-26-29(37)33(16-8-17-34(26)31-25)21-24-12-7-9-22(2)19-24/h4-7,9-12,19-20H,3,8,13-18,21H2,1-2H3,(H,30,35). The van der Waals surface area contributed by atoms with Crippen molar-refractivity contribution in [3.05, 3.63) is 88.7 Å². The van der Waals surface area contributed by atoms with Crippen molar-refractivity contribution in [2.24, 2.45) is 0 Å². The van der Waals surface area contributed by atoms with Crippen molar-refractivity contribution in [3.63, 3.8) is 0 Å². The number of carbonyl (C=O) groups is 3. The average molecular weight is 502 g/mol. The molecule has 0 saturated heterocycles. The molecule has 4 rings (SSSR count). The Labute approximate surface area is 218 Å². The Morgan fingerprint density at radius 1 is 1.03 bits per heavy atom. The number of hydrogen-bond acceptors (Lipinski definition) is 4. The highest BCUT2D eigenvalue weighted by Gasteiger charge is 2.28. The van der Waals surface area contributed by atoms with Crippen molar-refractivity contribution < 1.29 is 14.4 Å². The largest absolute Gasteiger partial charge is 0.356 e. The average Bonchev–Trinajstić information content (AvgIpc) is 3.27. The van der Waals surface area contributed by atoms with Crippen LogP contribution in [0, 0.1) is 6.92 Å². The van der Waals surface area contributed by atoms with Crippen LogP contribution in [0.4, 0.5) is 0 Å². The van der Waals surface area contributed by atoms with Crippen LogP contribution in [-0.2, 0) is 24.3 Å². The predicted octanol–water partition coefficient (Wildman–Crippen LogP) is 3.45. The van der Waals surface area contributed by atoms with E-state index in [9.17, 15) is 14.4 Å². The SMILES string of the molecule is CCN(CCC(=O)NCCc1ccccc1)C(=O)c1cc2n(n1)CCCN(Cc1cccc(C)c1)C2=O. The molecule has 1 aliphatic rings. The molecule has 0 fully saturated rings. The lowest BCUT2D eigenvalue weighted by molar-refractivity contribution is -0.121. The fourth-order valence-corrected chi connectivity index (χ4v) is 4.60. The van der Waals surface area contributed by atoms with E-state index in [0.29, 0.717) is 45.0 Å². The molecule has 0 atom stereocenters.